The number of cyclic esters (lactones) is 1. The molecule has 1 amide bonds. The summed E-state index contributed by atoms with van der Waals surface area (Å²) in [6.07, 6.45) is 10.1. The monoisotopic (exact) mass is 1060 g/mol. The van der Waals surface area contributed by atoms with Gasteiger partial charge in [0.25, 0.3) is 11.5 Å². The Balaban J connectivity index is 0.768. The summed E-state index contributed by atoms with van der Waals surface area (Å²) < 4.78 is 66.9. The molecule has 10 heterocycles. The molecule has 6 aliphatic heterocycles. The minimum Gasteiger partial charge on any atom is -0.508 e. The van der Waals surface area contributed by atoms with Gasteiger partial charge in [-0.15, -0.1) is 6.42 Å². The maximum atomic E-state index is 17.4. The topological polar surface area (TPSA) is 186 Å². The second-order valence-electron chi connectivity index (χ2n) is 21.5. The molecular weight excluding hydrogens is 1010 g/mol. The molecule has 4 aromatic heterocycles. The Labute approximate surface area is 445 Å². The van der Waals surface area contributed by atoms with Crippen molar-refractivity contribution >= 4 is 50.3 Å². The van der Waals surface area contributed by atoms with Crippen LogP contribution in [0.1, 0.15) is 80.2 Å². The molecular formula is C59H53F3N8O8. The maximum Gasteiger partial charge on any atom is 0.343 e. The van der Waals surface area contributed by atoms with Crippen LogP contribution in [0.2, 0.25) is 0 Å². The number of phenols is 1. The van der Waals surface area contributed by atoms with Gasteiger partial charge in [-0.25, -0.2) is 22.9 Å². The molecule has 4 fully saturated rings. The minimum absolute atomic E-state index is 0.0384. The number of ether oxygens (including phenoxy) is 3. The Kier molecular flexibility index (Phi) is 11.6. The van der Waals surface area contributed by atoms with E-state index in [1.54, 1.807) is 23.6 Å². The average molecular weight is 1060 g/mol. The van der Waals surface area contributed by atoms with Crippen LogP contribution in [-0.2, 0) is 39.5 Å². The predicted octanol–water partition coefficient (Wildman–Crippen LogP) is 7.54. The molecule has 5 atom stereocenters. The van der Waals surface area contributed by atoms with Crippen LogP contribution in [0.3, 0.4) is 0 Å². The SMILES string of the molecule is C#Cc1c(F)ccc2cc(O)cc(-c3ncc4c(N5CC6CCC(C5)N6C(=O)C(=C)COc5ccc6nc7c(c(CC)c6c5)Cn5c-7cc6c(c5=O)COC(=O)[C@]6(O)CC)nc(OC[C@@]56CCCN5C[C@H](F)C6)nc4c3F)c12. The van der Waals surface area contributed by atoms with Gasteiger partial charge in [0.1, 0.15) is 60.3 Å². The summed E-state index contributed by atoms with van der Waals surface area (Å²) in [5.41, 5.74) is 1.09. The van der Waals surface area contributed by atoms with E-state index in [1.165, 1.54) is 30.5 Å². The Morgan fingerprint density at radius 2 is 1.79 bits per heavy atom. The molecule has 2 bridgehead atoms. The van der Waals surface area contributed by atoms with E-state index in [1.807, 2.05) is 28.9 Å². The number of aromatic hydroxyl groups is 1. The van der Waals surface area contributed by atoms with E-state index in [4.69, 9.17) is 30.6 Å². The molecule has 2 unspecified atom stereocenters. The molecule has 0 spiro atoms. The number of rotatable bonds is 11. The fourth-order valence-corrected chi connectivity index (χ4v) is 13.4. The van der Waals surface area contributed by atoms with E-state index in [9.17, 15) is 29.0 Å². The van der Waals surface area contributed by atoms with E-state index in [0.29, 0.717) is 79.2 Å². The molecule has 2 N–H and O–H groups in total. The number of anilines is 1. The number of pyridine rings is 3. The number of alkyl halides is 1. The fraction of sp³-hybridized carbons (Fsp3) is 0.373. The van der Waals surface area contributed by atoms with Gasteiger partial charge in [-0.1, -0.05) is 32.4 Å². The van der Waals surface area contributed by atoms with Crippen molar-refractivity contribution in [3.05, 3.63) is 117 Å². The molecule has 7 aromatic rings. The number of amides is 1. The van der Waals surface area contributed by atoms with Crippen LogP contribution in [0, 0.1) is 24.0 Å². The van der Waals surface area contributed by atoms with Crippen LogP contribution < -0.4 is 19.9 Å². The van der Waals surface area contributed by atoms with Crippen molar-refractivity contribution in [1.82, 2.24) is 34.3 Å². The van der Waals surface area contributed by atoms with Crippen molar-refractivity contribution < 1.29 is 47.2 Å². The molecule has 19 heteroatoms. The zero-order valence-corrected chi connectivity index (χ0v) is 42.9. The number of nitrogens with zero attached hydrogens (tertiary/aromatic N) is 8. The molecule has 0 saturated carbocycles. The van der Waals surface area contributed by atoms with Gasteiger partial charge in [0.05, 0.1) is 57.6 Å². The molecule has 13 rings (SSSR count). The molecule has 0 radical (unpaired) electrons. The first kappa shape index (κ1) is 49.5. The zero-order chi connectivity index (χ0) is 54.1. The van der Waals surface area contributed by atoms with Gasteiger partial charge in [0.2, 0.25) is 0 Å². The highest BCUT2D eigenvalue weighted by atomic mass is 19.1. The smallest absolute Gasteiger partial charge is 0.343 e. The van der Waals surface area contributed by atoms with E-state index < -0.39 is 34.9 Å². The van der Waals surface area contributed by atoms with Gasteiger partial charge < -0.3 is 38.8 Å². The lowest BCUT2D eigenvalue weighted by atomic mass is 9.86. The first-order chi connectivity index (χ1) is 37.6. The Bertz CT molecular complexity index is 3890. The van der Waals surface area contributed by atoms with Gasteiger partial charge in [-0.3, -0.25) is 19.5 Å². The van der Waals surface area contributed by atoms with Crippen LogP contribution in [0.4, 0.5) is 19.0 Å². The number of benzene rings is 3. The zero-order valence-electron chi connectivity index (χ0n) is 42.9. The van der Waals surface area contributed by atoms with Gasteiger partial charge >= 0.3 is 12.0 Å². The quantitative estimate of drug-likeness (QED) is 0.0736. The van der Waals surface area contributed by atoms with Crippen molar-refractivity contribution in [3.63, 3.8) is 0 Å². The summed E-state index contributed by atoms with van der Waals surface area (Å²) in [6, 6.07) is 11.8. The third-order valence-corrected chi connectivity index (χ3v) is 17.2. The normalized spacial score (nSPS) is 23.1. The number of piperazine rings is 1. The van der Waals surface area contributed by atoms with E-state index in [-0.39, 0.29) is 118 Å². The van der Waals surface area contributed by atoms with Crippen molar-refractivity contribution in [2.24, 2.45) is 0 Å². The van der Waals surface area contributed by atoms with Gasteiger partial charge in [-0.2, -0.15) is 9.97 Å². The van der Waals surface area contributed by atoms with E-state index in [2.05, 4.69) is 27.4 Å². The van der Waals surface area contributed by atoms with Crippen LogP contribution in [0.15, 0.2) is 71.7 Å². The highest BCUT2D eigenvalue weighted by Crippen LogP contribution is 2.45. The largest absolute Gasteiger partial charge is 0.508 e. The number of aryl methyl sites for hydroxylation is 1. The van der Waals surface area contributed by atoms with Crippen molar-refractivity contribution in [3.8, 4) is 52.5 Å². The summed E-state index contributed by atoms with van der Waals surface area (Å²) in [6.45, 7) is 9.56. The highest BCUT2D eigenvalue weighted by molar-refractivity contribution is 6.03. The Morgan fingerprint density at radius 1 is 0.987 bits per heavy atom. The number of carbonyl (C=O) groups is 2. The minimum atomic E-state index is -1.94. The first-order valence-corrected chi connectivity index (χ1v) is 26.4. The van der Waals surface area contributed by atoms with Crippen LogP contribution >= 0.6 is 0 Å². The molecule has 3 aromatic carbocycles. The summed E-state index contributed by atoms with van der Waals surface area (Å²) in [5.74, 6) is 0.368. The molecule has 398 valence electrons. The molecule has 78 heavy (non-hydrogen) atoms. The standard InChI is InChI=1S/C59H53F3N8O8/c1-5-37-39-19-36(12-14-46(39)64-50-42(37)26-69-47(50)20-44-43(55(69)73)28-77-56(74)59(44,75)7-3)76-27-30(4)54(72)70-33-10-11-34(70)25-67(24-33)53-41-22-63-51(40-18-35(71)17-31-9-13-45(61)38(6-2)48(31)40)49(62)52(41)65-57(66-53)78-29-58-15-8-16-68(58)23-32(60)21-58/h2,9,12-14,17-20,22,32-34,71,75H,4-5,7-8,10-11,15-16,21,23-29H2,1,3H3/t32-,33?,34?,58+,59+/m1/s1. The number of aliphatic hydroxyl groups is 1. The van der Waals surface area contributed by atoms with E-state index >= 15 is 8.78 Å². The number of aromatic nitrogens is 5. The number of fused-ring (bicyclic) bond motifs is 10. The number of terminal acetylenes is 1. The molecule has 0 aliphatic carbocycles. The van der Waals surface area contributed by atoms with Crippen molar-refractivity contribution in [1.29, 1.82) is 0 Å². The predicted molar refractivity (Wildman–Crippen MR) is 283 cm³/mol. The van der Waals surface area contributed by atoms with Crippen molar-refractivity contribution in [2.75, 3.05) is 44.3 Å². The summed E-state index contributed by atoms with van der Waals surface area (Å²) in [5, 5.41) is 23.8. The lowest BCUT2D eigenvalue weighted by Gasteiger charge is -2.42. The second kappa shape index (κ2) is 18.3. The summed E-state index contributed by atoms with van der Waals surface area (Å²) in [4.78, 5) is 66.0. The lowest BCUT2D eigenvalue weighted by Crippen LogP contribution is -2.56. The van der Waals surface area contributed by atoms with Gasteiger partial charge in [-0.05, 0) is 98.5 Å². The average Bonchev–Trinajstić information content (AvgIpc) is 4.33. The Morgan fingerprint density at radius 3 is 2.56 bits per heavy atom. The maximum absolute atomic E-state index is 17.4. The number of phenolic OH excluding ortho intramolecular Hbond substituents is 1. The lowest BCUT2D eigenvalue weighted by molar-refractivity contribution is -0.172. The van der Waals surface area contributed by atoms with Gasteiger partial charge in [0.15, 0.2) is 11.4 Å². The Hall–Kier alpha value is -8.08. The molecule has 4 saturated heterocycles. The number of hydrogen-bond donors (Lipinski definition) is 2. The fourth-order valence-electron chi connectivity index (χ4n) is 13.4. The second-order valence-corrected chi connectivity index (χ2v) is 21.5. The number of carbonyl (C=O) groups excluding carboxylic acids is 2. The number of hydrogen-bond acceptors (Lipinski definition) is 14. The molecule has 16 nitrogen and oxygen atoms in total. The number of halogens is 3. The highest BCUT2D eigenvalue weighted by Gasteiger charge is 2.50. The van der Waals surface area contributed by atoms with Crippen LogP contribution in [-0.4, -0.2) is 120 Å². The third-order valence-electron chi connectivity index (χ3n) is 17.2. The summed E-state index contributed by atoms with van der Waals surface area (Å²) in [7, 11) is 0. The number of esters is 1. The first-order valence-electron chi connectivity index (χ1n) is 26.4. The van der Waals surface area contributed by atoms with E-state index in [0.717, 1.165) is 35.9 Å². The third kappa shape index (κ3) is 7.53. The van der Waals surface area contributed by atoms with Gasteiger partial charge in [0, 0.05) is 65.3 Å². The van der Waals surface area contributed by atoms with Crippen LogP contribution in [0.25, 0.3) is 55.2 Å². The van der Waals surface area contributed by atoms with Crippen LogP contribution in [0.5, 0.6) is 17.5 Å². The molecule has 6 aliphatic rings. The van der Waals surface area contributed by atoms with Crippen molar-refractivity contribution in [2.45, 2.75) is 101 Å². The summed E-state index contributed by atoms with van der Waals surface area (Å²) >= 11 is 0.